The van der Waals surface area contributed by atoms with Crippen LogP contribution in [-0.4, -0.2) is 63.1 Å². The van der Waals surface area contributed by atoms with Crippen LogP contribution in [0.5, 0.6) is 0 Å². The van der Waals surface area contributed by atoms with Crippen molar-refractivity contribution in [2.75, 3.05) is 46.9 Å². The van der Waals surface area contributed by atoms with Gasteiger partial charge < -0.3 is 20.1 Å². The molecule has 110 valence electrons. The van der Waals surface area contributed by atoms with Gasteiger partial charge in [-0.05, 0) is 52.4 Å². The second kappa shape index (κ2) is 11.9. The van der Waals surface area contributed by atoms with Crippen molar-refractivity contribution in [1.82, 2.24) is 10.2 Å². The minimum Gasteiger partial charge on any atom is -0.389 e. The van der Waals surface area contributed by atoms with Gasteiger partial charge >= 0.3 is 0 Å². The van der Waals surface area contributed by atoms with Crippen LogP contribution in [0.1, 0.15) is 33.1 Å². The third-order valence-electron chi connectivity index (χ3n) is 2.72. The average molecular weight is 260 g/mol. The maximum absolute atomic E-state index is 9.67. The first-order valence-corrected chi connectivity index (χ1v) is 7.13. The Morgan fingerprint density at radius 1 is 1.22 bits per heavy atom. The Hall–Kier alpha value is -0.160. The van der Waals surface area contributed by atoms with Crippen LogP contribution in [0.2, 0.25) is 0 Å². The van der Waals surface area contributed by atoms with Crippen molar-refractivity contribution >= 4 is 0 Å². The summed E-state index contributed by atoms with van der Waals surface area (Å²) < 4.78 is 5.44. The number of nitrogens with one attached hydrogen (secondary N) is 1. The van der Waals surface area contributed by atoms with Crippen LogP contribution < -0.4 is 5.32 Å². The third kappa shape index (κ3) is 13.9. The van der Waals surface area contributed by atoms with Gasteiger partial charge in [0.05, 0.1) is 12.7 Å². The number of hydrogen-bond donors (Lipinski definition) is 2. The molecule has 1 atom stereocenters. The van der Waals surface area contributed by atoms with Crippen LogP contribution in [0, 0.1) is 5.92 Å². The molecule has 4 heteroatoms. The summed E-state index contributed by atoms with van der Waals surface area (Å²) in [5.41, 5.74) is 0. The van der Waals surface area contributed by atoms with Crippen molar-refractivity contribution in [3.05, 3.63) is 0 Å². The van der Waals surface area contributed by atoms with Gasteiger partial charge in [-0.3, -0.25) is 0 Å². The molecule has 0 spiro atoms. The molecule has 4 nitrogen and oxygen atoms in total. The Balaban J connectivity index is 3.19. The van der Waals surface area contributed by atoms with Gasteiger partial charge in [0, 0.05) is 13.2 Å². The van der Waals surface area contributed by atoms with Crippen LogP contribution in [0.25, 0.3) is 0 Å². The molecule has 0 aromatic rings. The second-order valence-corrected chi connectivity index (χ2v) is 5.63. The lowest BCUT2D eigenvalue weighted by Crippen LogP contribution is -2.32. The van der Waals surface area contributed by atoms with Crippen molar-refractivity contribution in [3.8, 4) is 0 Å². The summed E-state index contributed by atoms with van der Waals surface area (Å²) in [7, 11) is 4.14. The quantitative estimate of drug-likeness (QED) is 0.520. The number of ether oxygens (including phenoxy) is 1. The van der Waals surface area contributed by atoms with Crippen molar-refractivity contribution in [2.45, 2.75) is 39.2 Å². The first-order valence-electron chi connectivity index (χ1n) is 7.13. The minimum absolute atomic E-state index is 0.386. The molecule has 0 radical (unpaired) electrons. The molecule has 0 aliphatic rings. The van der Waals surface area contributed by atoms with Crippen molar-refractivity contribution in [3.63, 3.8) is 0 Å². The Labute approximate surface area is 113 Å². The van der Waals surface area contributed by atoms with Crippen molar-refractivity contribution in [2.24, 2.45) is 5.92 Å². The molecule has 0 saturated carbocycles. The molecule has 1 unspecified atom stereocenters. The summed E-state index contributed by atoms with van der Waals surface area (Å²) in [6.07, 6.45) is 3.00. The van der Waals surface area contributed by atoms with E-state index in [4.69, 9.17) is 4.74 Å². The van der Waals surface area contributed by atoms with E-state index >= 15 is 0 Å². The SMILES string of the molecule is CC(C)CCCOCC(O)CNCCCN(C)C. The maximum atomic E-state index is 9.67. The van der Waals surface area contributed by atoms with Crippen molar-refractivity contribution in [1.29, 1.82) is 0 Å². The van der Waals surface area contributed by atoms with E-state index in [0.717, 1.165) is 38.5 Å². The fraction of sp³-hybridized carbons (Fsp3) is 1.00. The summed E-state index contributed by atoms with van der Waals surface area (Å²) in [5.74, 6) is 0.733. The largest absolute Gasteiger partial charge is 0.389 e. The zero-order chi connectivity index (χ0) is 13.8. The van der Waals surface area contributed by atoms with Crippen LogP contribution in [0.3, 0.4) is 0 Å². The van der Waals surface area contributed by atoms with E-state index < -0.39 is 0 Å². The Morgan fingerprint density at radius 2 is 1.94 bits per heavy atom. The highest BCUT2D eigenvalue weighted by Crippen LogP contribution is 2.03. The third-order valence-corrected chi connectivity index (χ3v) is 2.72. The topological polar surface area (TPSA) is 44.7 Å². The summed E-state index contributed by atoms with van der Waals surface area (Å²) in [6.45, 7) is 8.28. The van der Waals surface area contributed by atoms with E-state index in [2.05, 4.69) is 38.2 Å². The van der Waals surface area contributed by atoms with Gasteiger partial charge in [-0.25, -0.2) is 0 Å². The zero-order valence-corrected chi connectivity index (χ0v) is 12.6. The van der Waals surface area contributed by atoms with Crippen LogP contribution in [-0.2, 0) is 4.74 Å². The van der Waals surface area contributed by atoms with E-state index in [1.54, 1.807) is 0 Å². The molecule has 0 rings (SSSR count). The fourth-order valence-electron chi connectivity index (χ4n) is 1.66. The van der Waals surface area contributed by atoms with E-state index in [1.165, 1.54) is 6.42 Å². The van der Waals surface area contributed by atoms with Gasteiger partial charge in [0.2, 0.25) is 0 Å². The first-order chi connectivity index (χ1) is 8.52. The highest BCUT2D eigenvalue weighted by atomic mass is 16.5. The lowest BCUT2D eigenvalue weighted by Gasteiger charge is -2.14. The highest BCUT2D eigenvalue weighted by Gasteiger charge is 2.03. The molecule has 0 aliphatic carbocycles. The summed E-state index contributed by atoms with van der Waals surface area (Å²) >= 11 is 0. The predicted molar refractivity (Wildman–Crippen MR) is 76.9 cm³/mol. The second-order valence-electron chi connectivity index (χ2n) is 5.63. The van der Waals surface area contributed by atoms with Crippen LogP contribution in [0.15, 0.2) is 0 Å². The molecule has 0 saturated heterocycles. The number of hydrogen-bond acceptors (Lipinski definition) is 4. The lowest BCUT2D eigenvalue weighted by molar-refractivity contribution is 0.0348. The van der Waals surface area contributed by atoms with E-state index in [-0.39, 0.29) is 6.10 Å². The lowest BCUT2D eigenvalue weighted by atomic mass is 10.1. The molecule has 0 heterocycles. The van der Waals surface area contributed by atoms with Crippen LogP contribution in [0.4, 0.5) is 0 Å². The van der Waals surface area contributed by atoms with Gasteiger partial charge in [0.1, 0.15) is 0 Å². The van der Waals surface area contributed by atoms with Gasteiger partial charge in [-0.15, -0.1) is 0 Å². The normalized spacial score (nSPS) is 13.5. The molecule has 0 bridgehead atoms. The van der Waals surface area contributed by atoms with Gasteiger partial charge in [0.15, 0.2) is 0 Å². The van der Waals surface area contributed by atoms with Crippen LogP contribution >= 0.6 is 0 Å². The summed E-state index contributed by atoms with van der Waals surface area (Å²) in [6, 6.07) is 0. The Morgan fingerprint density at radius 3 is 2.56 bits per heavy atom. The van der Waals surface area contributed by atoms with Gasteiger partial charge in [-0.1, -0.05) is 13.8 Å². The highest BCUT2D eigenvalue weighted by molar-refractivity contribution is 4.59. The number of aliphatic hydroxyl groups is 1. The molecule has 0 amide bonds. The zero-order valence-electron chi connectivity index (χ0n) is 12.6. The van der Waals surface area contributed by atoms with Crippen molar-refractivity contribution < 1.29 is 9.84 Å². The van der Waals surface area contributed by atoms with Gasteiger partial charge in [-0.2, -0.15) is 0 Å². The van der Waals surface area contributed by atoms with E-state index in [1.807, 2.05) is 0 Å². The number of aliphatic hydroxyl groups excluding tert-OH is 1. The maximum Gasteiger partial charge on any atom is 0.0897 e. The molecule has 0 aliphatic heterocycles. The smallest absolute Gasteiger partial charge is 0.0897 e. The number of rotatable bonds is 12. The monoisotopic (exact) mass is 260 g/mol. The molecule has 0 aromatic heterocycles. The Kier molecular flexibility index (Phi) is 11.8. The molecule has 0 fully saturated rings. The molecular formula is C14H32N2O2. The molecule has 0 aromatic carbocycles. The van der Waals surface area contributed by atoms with Gasteiger partial charge in [0.25, 0.3) is 0 Å². The summed E-state index contributed by atoms with van der Waals surface area (Å²) in [4.78, 5) is 2.16. The van der Waals surface area contributed by atoms with E-state index in [9.17, 15) is 5.11 Å². The predicted octanol–water partition coefficient (Wildman–Crippen LogP) is 1.34. The fourth-order valence-corrected chi connectivity index (χ4v) is 1.66. The Bertz CT molecular complexity index is 157. The standard InChI is InChI=1S/C14H32N2O2/c1-13(2)7-5-10-18-12-14(17)11-15-8-6-9-16(3)4/h13-15,17H,5-12H2,1-4H3. The van der Waals surface area contributed by atoms with E-state index in [0.29, 0.717) is 13.2 Å². The summed E-state index contributed by atoms with van der Waals surface area (Å²) in [5, 5.41) is 12.9. The average Bonchev–Trinajstić information content (AvgIpc) is 2.27. The molecule has 2 N–H and O–H groups in total. The first kappa shape index (κ1) is 17.8. The number of nitrogens with zero attached hydrogens (tertiary/aromatic N) is 1. The minimum atomic E-state index is -0.386. The molecular weight excluding hydrogens is 228 g/mol. The molecule has 18 heavy (non-hydrogen) atoms.